The molecule has 2 rings (SSSR count). The minimum atomic E-state index is 0.367. The molecule has 0 saturated carbocycles. The molecule has 0 amide bonds. The Morgan fingerprint density at radius 3 is 2.65 bits per heavy atom. The molecule has 0 aliphatic carbocycles. The van der Waals surface area contributed by atoms with Gasteiger partial charge in [0, 0.05) is 16.2 Å². The SMILES string of the molecule is CCCNC(C)c1ccc(-n2cnc(C)c2C)c(Br)c1. The van der Waals surface area contributed by atoms with Crippen molar-refractivity contribution in [2.24, 2.45) is 0 Å². The lowest BCUT2D eigenvalue weighted by molar-refractivity contribution is 0.570. The number of halogens is 1. The zero-order chi connectivity index (χ0) is 14.7. The molecule has 20 heavy (non-hydrogen) atoms. The minimum Gasteiger partial charge on any atom is -0.310 e. The second-order valence-electron chi connectivity index (χ2n) is 5.17. The van der Waals surface area contributed by atoms with Gasteiger partial charge in [-0.3, -0.25) is 0 Å². The maximum Gasteiger partial charge on any atom is 0.0997 e. The average molecular weight is 336 g/mol. The topological polar surface area (TPSA) is 29.9 Å². The number of nitrogens with one attached hydrogen (secondary N) is 1. The summed E-state index contributed by atoms with van der Waals surface area (Å²) in [7, 11) is 0. The van der Waals surface area contributed by atoms with Crippen LogP contribution < -0.4 is 5.32 Å². The summed E-state index contributed by atoms with van der Waals surface area (Å²) in [5, 5.41) is 3.51. The van der Waals surface area contributed by atoms with E-state index in [1.54, 1.807) is 0 Å². The normalized spacial score (nSPS) is 12.7. The van der Waals surface area contributed by atoms with Crippen LogP contribution in [-0.4, -0.2) is 16.1 Å². The Labute approximate surface area is 129 Å². The molecule has 0 aliphatic heterocycles. The Bertz CT molecular complexity index is 589. The van der Waals surface area contributed by atoms with Gasteiger partial charge in [0.1, 0.15) is 0 Å². The number of aryl methyl sites for hydroxylation is 1. The van der Waals surface area contributed by atoms with E-state index < -0.39 is 0 Å². The first-order valence-corrected chi connectivity index (χ1v) is 7.87. The first-order valence-electron chi connectivity index (χ1n) is 7.08. The van der Waals surface area contributed by atoms with E-state index in [9.17, 15) is 0 Å². The van der Waals surface area contributed by atoms with Crippen molar-refractivity contribution in [2.75, 3.05) is 6.54 Å². The van der Waals surface area contributed by atoms with Crippen LogP contribution in [0, 0.1) is 13.8 Å². The van der Waals surface area contributed by atoms with Crippen molar-refractivity contribution in [3.8, 4) is 5.69 Å². The molecule has 1 N–H and O–H groups in total. The Balaban J connectivity index is 2.28. The van der Waals surface area contributed by atoms with Crippen molar-refractivity contribution in [1.82, 2.24) is 14.9 Å². The largest absolute Gasteiger partial charge is 0.310 e. The second kappa shape index (κ2) is 6.55. The van der Waals surface area contributed by atoms with E-state index in [-0.39, 0.29) is 0 Å². The van der Waals surface area contributed by atoms with Gasteiger partial charge in [0.05, 0.1) is 17.7 Å². The fourth-order valence-corrected chi connectivity index (χ4v) is 2.80. The predicted octanol–water partition coefficient (Wildman–Crippen LogP) is 4.31. The summed E-state index contributed by atoms with van der Waals surface area (Å²) in [5.74, 6) is 0. The van der Waals surface area contributed by atoms with Gasteiger partial charge in [0.15, 0.2) is 0 Å². The summed E-state index contributed by atoms with van der Waals surface area (Å²) in [6.07, 6.45) is 3.03. The third-order valence-corrected chi connectivity index (χ3v) is 4.32. The first kappa shape index (κ1) is 15.3. The Morgan fingerprint density at radius 2 is 2.10 bits per heavy atom. The smallest absolute Gasteiger partial charge is 0.0997 e. The van der Waals surface area contributed by atoms with Gasteiger partial charge in [0.2, 0.25) is 0 Å². The predicted molar refractivity (Wildman–Crippen MR) is 87.4 cm³/mol. The van der Waals surface area contributed by atoms with Gasteiger partial charge >= 0.3 is 0 Å². The van der Waals surface area contributed by atoms with Crippen molar-refractivity contribution in [2.45, 2.75) is 40.2 Å². The summed E-state index contributed by atoms with van der Waals surface area (Å²) >= 11 is 3.69. The molecule has 1 heterocycles. The standard InChI is InChI=1S/C16H22BrN3/c1-5-8-18-12(3)14-6-7-16(15(17)9-14)20-10-19-11(2)13(20)4/h6-7,9-10,12,18H,5,8H2,1-4H3. The van der Waals surface area contributed by atoms with E-state index >= 15 is 0 Å². The van der Waals surface area contributed by atoms with Crippen molar-refractivity contribution < 1.29 is 0 Å². The quantitative estimate of drug-likeness (QED) is 0.882. The molecule has 108 valence electrons. The molecule has 3 nitrogen and oxygen atoms in total. The van der Waals surface area contributed by atoms with Crippen LogP contribution in [0.4, 0.5) is 0 Å². The lowest BCUT2D eigenvalue weighted by atomic mass is 10.1. The highest BCUT2D eigenvalue weighted by atomic mass is 79.9. The van der Waals surface area contributed by atoms with Crippen molar-refractivity contribution >= 4 is 15.9 Å². The van der Waals surface area contributed by atoms with Crippen molar-refractivity contribution in [3.63, 3.8) is 0 Å². The summed E-state index contributed by atoms with van der Waals surface area (Å²) in [6.45, 7) is 9.55. The molecule has 1 aromatic heterocycles. The van der Waals surface area contributed by atoms with E-state index in [1.165, 1.54) is 11.3 Å². The first-order chi connectivity index (χ1) is 9.54. The number of hydrogen-bond donors (Lipinski definition) is 1. The van der Waals surface area contributed by atoms with Crippen molar-refractivity contribution in [3.05, 3.63) is 46.0 Å². The number of nitrogens with zero attached hydrogens (tertiary/aromatic N) is 2. The van der Waals surface area contributed by atoms with E-state index in [2.05, 4.69) is 69.8 Å². The van der Waals surface area contributed by atoms with Crippen LogP contribution in [0.2, 0.25) is 0 Å². The molecular weight excluding hydrogens is 314 g/mol. The van der Waals surface area contributed by atoms with Gasteiger partial charge in [-0.15, -0.1) is 0 Å². The van der Waals surface area contributed by atoms with Crippen LogP contribution in [0.15, 0.2) is 29.0 Å². The van der Waals surface area contributed by atoms with Gasteiger partial charge < -0.3 is 9.88 Å². The van der Waals surface area contributed by atoms with E-state index in [1.807, 2.05) is 13.3 Å². The van der Waals surface area contributed by atoms with Gasteiger partial charge in [-0.05, 0) is 67.4 Å². The zero-order valence-electron chi connectivity index (χ0n) is 12.6. The lowest BCUT2D eigenvalue weighted by Gasteiger charge is -2.16. The third-order valence-electron chi connectivity index (χ3n) is 3.68. The van der Waals surface area contributed by atoms with Gasteiger partial charge in [-0.25, -0.2) is 4.98 Å². The summed E-state index contributed by atoms with van der Waals surface area (Å²) in [4.78, 5) is 4.36. The molecule has 0 bridgehead atoms. The van der Waals surface area contributed by atoms with Crippen LogP contribution >= 0.6 is 15.9 Å². The van der Waals surface area contributed by atoms with Crippen LogP contribution in [-0.2, 0) is 0 Å². The fraction of sp³-hybridized carbons (Fsp3) is 0.438. The van der Waals surface area contributed by atoms with E-state index in [4.69, 9.17) is 0 Å². The number of aromatic nitrogens is 2. The van der Waals surface area contributed by atoms with E-state index in [0.29, 0.717) is 6.04 Å². The molecule has 0 saturated heterocycles. The van der Waals surface area contributed by atoms with Gasteiger partial charge in [-0.1, -0.05) is 13.0 Å². The van der Waals surface area contributed by atoms with Crippen LogP contribution in [0.1, 0.15) is 43.3 Å². The molecule has 0 spiro atoms. The molecule has 0 fully saturated rings. The highest BCUT2D eigenvalue weighted by molar-refractivity contribution is 9.10. The molecule has 2 aromatic rings. The maximum atomic E-state index is 4.36. The molecule has 1 atom stereocenters. The number of rotatable bonds is 5. The van der Waals surface area contributed by atoms with Crippen molar-refractivity contribution in [1.29, 1.82) is 0 Å². The zero-order valence-corrected chi connectivity index (χ0v) is 14.2. The summed E-state index contributed by atoms with van der Waals surface area (Å²) < 4.78 is 3.22. The van der Waals surface area contributed by atoms with Gasteiger partial charge in [-0.2, -0.15) is 0 Å². The summed E-state index contributed by atoms with van der Waals surface area (Å²) in [5.41, 5.74) is 4.67. The lowest BCUT2D eigenvalue weighted by Crippen LogP contribution is -2.19. The minimum absolute atomic E-state index is 0.367. The highest BCUT2D eigenvalue weighted by Gasteiger charge is 2.11. The third kappa shape index (κ3) is 3.13. The maximum absolute atomic E-state index is 4.36. The Morgan fingerprint density at radius 1 is 1.35 bits per heavy atom. The molecule has 4 heteroatoms. The van der Waals surface area contributed by atoms with Gasteiger partial charge in [0.25, 0.3) is 0 Å². The Kier molecular flexibility index (Phi) is 5.00. The number of hydrogen-bond acceptors (Lipinski definition) is 2. The second-order valence-corrected chi connectivity index (χ2v) is 6.03. The van der Waals surface area contributed by atoms with Crippen LogP contribution in [0.3, 0.4) is 0 Å². The fourth-order valence-electron chi connectivity index (χ4n) is 2.21. The summed E-state index contributed by atoms with van der Waals surface area (Å²) in [6, 6.07) is 6.89. The number of imidazole rings is 1. The van der Waals surface area contributed by atoms with Crippen LogP contribution in [0.5, 0.6) is 0 Å². The van der Waals surface area contributed by atoms with E-state index in [0.717, 1.165) is 28.8 Å². The highest BCUT2D eigenvalue weighted by Crippen LogP contribution is 2.26. The molecule has 0 aliphatic rings. The van der Waals surface area contributed by atoms with Crippen LogP contribution in [0.25, 0.3) is 5.69 Å². The molecular formula is C16H22BrN3. The number of benzene rings is 1. The Hall–Kier alpha value is -1.13. The monoisotopic (exact) mass is 335 g/mol. The molecule has 0 radical (unpaired) electrons. The molecule has 1 aromatic carbocycles. The molecule has 1 unspecified atom stereocenters. The average Bonchev–Trinajstić information content (AvgIpc) is 2.76.